The number of thiazole rings is 2. The number of nitrogens with two attached hydrogens (primary N) is 1. The number of Topliss-reactive ketones (excluding diaryl/α,β-unsaturated/α-hetero) is 1. The Morgan fingerprint density at radius 3 is 2.22 bits per heavy atom. The van der Waals surface area contributed by atoms with Crippen LogP contribution in [0.5, 0.6) is 0 Å². The fourth-order valence-electron chi connectivity index (χ4n) is 5.58. The van der Waals surface area contributed by atoms with E-state index in [0.717, 1.165) is 26.7 Å². The van der Waals surface area contributed by atoms with Gasteiger partial charge in [0, 0.05) is 37.0 Å². The monoisotopic (exact) mass is 704 g/mol. The summed E-state index contributed by atoms with van der Waals surface area (Å²) in [6.07, 6.45) is 4.43. The smallest absolute Gasteiger partial charge is 0.407 e. The van der Waals surface area contributed by atoms with Crippen molar-refractivity contribution in [1.82, 2.24) is 25.5 Å². The number of ketones is 1. The summed E-state index contributed by atoms with van der Waals surface area (Å²) < 4.78 is 5.49. The third-order valence-corrected chi connectivity index (χ3v) is 10.2. The molecule has 3 amide bonds. The maximum Gasteiger partial charge on any atom is 0.407 e. The number of carbonyl (C=O) groups excluding carboxylic acids is 3. The van der Waals surface area contributed by atoms with Crippen molar-refractivity contribution in [1.29, 1.82) is 0 Å². The first kappa shape index (κ1) is 37.7. The Balaban J connectivity index is 1.42. The highest BCUT2D eigenvalue weighted by atomic mass is 32.1. The van der Waals surface area contributed by atoms with Gasteiger partial charge in [0.05, 0.1) is 33.7 Å². The summed E-state index contributed by atoms with van der Waals surface area (Å²) >= 11 is 3.02. The first-order valence-electron chi connectivity index (χ1n) is 16.8. The number of ether oxygens (including phenoxy) is 1. The average Bonchev–Trinajstić information content (AvgIpc) is 3.80. The van der Waals surface area contributed by atoms with Gasteiger partial charge in [-0.2, -0.15) is 0 Å². The normalized spacial score (nSPS) is 13.0. The Bertz CT molecular complexity index is 1570. The molecule has 0 saturated carbocycles. The molecule has 49 heavy (non-hydrogen) atoms. The van der Waals surface area contributed by atoms with Gasteiger partial charge in [-0.25, -0.2) is 14.6 Å². The molecule has 0 aliphatic heterocycles. The molecule has 4 N–H and O–H groups in total. The molecule has 0 saturated heterocycles. The molecule has 2 aromatic carbocycles. The highest BCUT2D eigenvalue weighted by molar-refractivity contribution is 7.09. The van der Waals surface area contributed by atoms with Gasteiger partial charge in [-0.15, -0.1) is 22.7 Å². The molecular formula is C37H48N6O4S2. The topological polar surface area (TPSA) is 140 Å². The van der Waals surface area contributed by atoms with Crippen LogP contribution in [0.25, 0.3) is 0 Å². The number of nitrogens with one attached hydrogen (secondary N) is 2. The average molecular weight is 705 g/mol. The van der Waals surface area contributed by atoms with E-state index in [1.807, 2.05) is 53.9 Å². The molecule has 0 bridgehead atoms. The molecule has 2 heterocycles. The summed E-state index contributed by atoms with van der Waals surface area (Å²) in [5, 5.41) is 9.00. The van der Waals surface area contributed by atoms with E-state index in [-0.39, 0.29) is 43.3 Å². The fraction of sp³-hybridized carbons (Fsp3) is 0.432. The quantitative estimate of drug-likeness (QED) is 0.0985. The Kier molecular flexibility index (Phi) is 15.2. The van der Waals surface area contributed by atoms with Gasteiger partial charge < -0.3 is 26.0 Å². The lowest BCUT2D eigenvalue weighted by atomic mass is 9.86. The van der Waals surface area contributed by atoms with Gasteiger partial charge >= 0.3 is 12.1 Å². The van der Waals surface area contributed by atoms with E-state index in [9.17, 15) is 14.4 Å². The maximum absolute atomic E-state index is 13.8. The molecule has 3 atom stereocenters. The third kappa shape index (κ3) is 13.0. The number of aromatic nitrogens is 2. The standard InChI is InChI=1S/C37H48N6O4S2/c1-26(2)35-40-31(24-48-35)22-43(3)36(45)42-33(16-17-38)34(44)20-29(18-27-10-6-4-7-11-27)14-15-30(19-28-12-8-5-9-13-28)41-37(46)47-23-32-21-39-25-49-32/h4-13,21,24-26,29-30,33H,14-20,22-23,38H2,1-3H3,(H,41,46)(H,42,45)/t29-,30-,33-/m0/s1. The highest BCUT2D eigenvalue weighted by Crippen LogP contribution is 2.23. The number of nitrogens with zero attached hydrogens (tertiary/aromatic N) is 3. The molecule has 4 rings (SSSR count). The Morgan fingerprint density at radius 1 is 0.918 bits per heavy atom. The summed E-state index contributed by atoms with van der Waals surface area (Å²) in [5.74, 6) is 0.239. The molecule has 0 radical (unpaired) electrons. The lowest BCUT2D eigenvalue weighted by molar-refractivity contribution is -0.122. The van der Waals surface area contributed by atoms with Crippen LogP contribution in [-0.4, -0.2) is 58.5 Å². The van der Waals surface area contributed by atoms with E-state index in [0.29, 0.717) is 44.6 Å². The van der Waals surface area contributed by atoms with Gasteiger partial charge in [0.25, 0.3) is 0 Å². The number of urea groups is 1. The van der Waals surface area contributed by atoms with Crippen molar-refractivity contribution in [2.75, 3.05) is 13.6 Å². The Morgan fingerprint density at radius 2 is 1.61 bits per heavy atom. The van der Waals surface area contributed by atoms with Crippen molar-refractivity contribution >= 4 is 40.6 Å². The molecular weight excluding hydrogens is 657 g/mol. The molecule has 0 aliphatic carbocycles. The van der Waals surface area contributed by atoms with Gasteiger partial charge in [0.1, 0.15) is 6.61 Å². The SMILES string of the molecule is CC(C)c1nc(CN(C)C(=O)N[C@@H](CCN)C(=O)C[C@@H](CC[C@@H](Cc2ccccc2)NC(=O)OCc2cncs2)Cc2ccccc2)cs1. The van der Waals surface area contributed by atoms with E-state index in [2.05, 4.69) is 46.6 Å². The summed E-state index contributed by atoms with van der Waals surface area (Å²) in [7, 11) is 1.70. The first-order chi connectivity index (χ1) is 23.7. The van der Waals surface area contributed by atoms with Crippen LogP contribution in [-0.2, 0) is 35.5 Å². The first-order valence-corrected chi connectivity index (χ1v) is 18.5. The number of benzene rings is 2. The molecule has 0 spiro atoms. The second-order valence-electron chi connectivity index (χ2n) is 12.6. The van der Waals surface area contributed by atoms with Gasteiger partial charge in [-0.1, -0.05) is 74.5 Å². The fourth-order valence-corrected chi connectivity index (χ4v) is 6.92. The summed E-state index contributed by atoms with van der Waals surface area (Å²) in [4.78, 5) is 51.0. The zero-order chi connectivity index (χ0) is 35.0. The minimum atomic E-state index is -0.708. The number of carbonyl (C=O) groups is 3. The van der Waals surface area contributed by atoms with Crippen LogP contribution in [0.4, 0.5) is 9.59 Å². The van der Waals surface area contributed by atoms with Crippen molar-refractivity contribution in [3.05, 3.63) is 104 Å². The lowest BCUT2D eigenvalue weighted by Crippen LogP contribution is -2.47. The second-order valence-corrected chi connectivity index (χ2v) is 14.5. The van der Waals surface area contributed by atoms with Crippen molar-refractivity contribution < 1.29 is 19.1 Å². The van der Waals surface area contributed by atoms with E-state index in [1.54, 1.807) is 35.0 Å². The van der Waals surface area contributed by atoms with Crippen LogP contribution in [0, 0.1) is 5.92 Å². The molecule has 12 heteroatoms. The van der Waals surface area contributed by atoms with Gasteiger partial charge in [0.2, 0.25) is 0 Å². The molecule has 10 nitrogen and oxygen atoms in total. The van der Waals surface area contributed by atoms with E-state index in [4.69, 9.17) is 10.5 Å². The van der Waals surface area contributed by atoms with Gasteiger partial charge in [-0.05, 0) is 55.7 Å². The van der Waals surface area contributed by atoms with E-state index in [1.165, 1.54) is 11.3 Å². The van der Waals surface area contributed by atoms with E-state index < -0.39 is 12.1 Å². The zero-order valence-corrected chi connectivity index (χ0v) is 30.2. The third-order valence-electron chi connectivity index (χ3n) is 8.21. The number of hydrogen-bond acceptors (Lipinski definition) is 9. The van der Waals surface area contributed by atoms with E-state index >= 15 is 0 Å². The molecule has 0 aliphatic rings. The predicted octanol–water partition coefficient (Wildman–Crippen LogP) is 6.72. The van der Waals surface area contributed by atoms with Crippen molar-refractivity contribution in [3.63, 3.8) is 0 Å². The Hall–Kier alpha value is -4.13. The van der Waals surface area contributed by atoms with Crippen LogP contribution in [0.15, 0.2) is 77.8 Å². The zero-order valence-electron chi connectivity index (χ0n) is 28.5. The van der Waals surface area contributed by atoms with Crippen molar-refractivity contribution in [2.24, 2.45) is 11.7 Å². The number of alkyl carbamates (subject to hydrolysis) is 1. The molecule has 262 valence electrons. The lowest BCUT2D eigenvalue weighted by Gasteiger charge is -2.25. The summed E-state index contributed by atoms with van der Waals surface area (Å²) in [5.41, 5.74) is 10.7. The second kappa shape index (κ2) is 19.8. The molecule has 2 aromatic heterocycles. The van der Waals surface area contributed by atoms with Crippen LogP contribution in [0.2, 0.25) is 0 Å². The largest absolute Gasteiger partial charge is 0.444 e. The number of rotatable bonds is 19. The van der Waals surface area contributed by atoms with Crippen molar-refractivity contribution in [3.8, 4) is 0 Å². The van der Waals surface area contributed by atoms with Crippen LogP contribution in [0.1, 0.15) is 72.2 Å². The minimum absolute atomic E-state index is 0.0254. The van der Waals surface area contributed by atoms with Crippen molar-refractivity contribution in [2.45, 2.75) is 83.5 Å². The van der Waals surface area contributed by atoms with Crippen LogP contribution >= 0.6 is 22.7 Å². The van der Waals surface area contributed by atoms with Gasteiger partial charge in [0.15, 0.2) is 5.78 Å². The molecule has 0 unspecified atom stereocenters. The maximum atomic E-state index is 13.8. The summed E-state index contributed by atoms with van der Waals surface area (Å²) in [6, 6.07) is 18.8. The molecule has 0 fully saturated rings. The van der Waals surface area contributed by atoms with Gasteiger partial charge in [-0.3, -0.25) is 9.78 Å². The summed E-state index contributed by atoms with van der Waals surface area (Å²) in [6.45, 7) is 4.95. The minimum Gasteiger partial charge on any atom is -0.444 e. The van der Waals surface area contributed by atoms with Crippen LogP contribution in [0.3, 0.4) is 0 Å². The number of hydrogen-bond donors (Lipinski definition) is 3. The predicted molar refractivity (Wildman–Crippen MR) is 196 cm³/mol. The molecule has 4 aromatic rings. The number of amides is 3. The van der Waals surface area contributed by atoms with Crippen LogP contribution < -0.4 is 16.4 Å². The Labute approximate surface area is 297 Å². The highest BCUT2D eigenvalue weighted by Gasteiger charge is 2.26.